The fourth-order valence-electron chi connectivity index (χ4n) is 1.73. The van der Waals surface area contributed by atoms with Gasteiger partial charge in [-0.2, -0.15) is 0 Å². The standard InChI is InChI=1S/C10H10N2O7/c13-9(7-1-2-8(19-7)12(16)17)11-6-4-18-3-5(6)10(14)15/h1-2,5-6H,3-4H2,(H,11,13)(H,14,15). The third-order valence-corrected chi connectivity index (χ3v) is 2.71. The van der Waals surface area contributed by atoms with E-state index in [9.17, 15) is 19.7 Å². The summed E-state index contributed by atoms with van der Waals surface area (Å²) in [7, 11) is 0. The number of nitrogens with one attached hydrogen (secondary N) is 1. The van der Waals surface area contributed by atoms with E-state index < -0.39 is 34.6 Å². The molecule has 0 aromatic carbocycles. The Morgan fingerprint density at radius 2 is 2.16 bits per heavy atom. The van der Waals surface area contributed by atoms with Crippen molar-refractivity contribution >= 4 is 17.8 Å². The van der Waals surface area contributed by atoms with E-state index in [0.717, 1.165) is 12.1 Å². The summed E-state index contributed by atoms with van der Waals surface area (Å²) < 4.78 is 9.69. The normalized spacial score (nSPS) is 22.1. The number of nitro groups is 1. The number of rotatable bonds is 4. The Labute approximate surface area is 106 Å². The molecule has 1 amide bonds. The summed E-state index contributed by atoms with van der Waals surface area (Å²) in [6.07, 6.45) is 0. The Balaban J connectivity index is 2.04. The molecule has 0 saturated carbocycles. The van der Waals surface area contributed by atoms with Crippen LogP contribution in [-0.4, -0.2) is 41.2 Å². The highest BCUT2D eigenvalue weighted by atomic mass is 16.6. The SMILES string of the molecule is O=C(NC1COCC1C(=O)O)c1ccc([N+](=O)[O-])o1. The zero-order valence-electron chi connectivity index (χ0n) is 9.57. The third-order valence-electron chi connectivity index (χ3n) is 2.71. The molecule has 2 heterocycles. The number of carbonyl (C=O) groups excluding carboxylic acids is 1. The van der Waals surface area contributed by atoms with Crippen molar-refractivity contribution in [3.05, 3.63) is 28.0 Å². The Morgan fingerprint density at radius 1 is 1.42 bits per heavy atom. The van der Waals surface area contributed by atoms with Crippen molar-refractivity contribution in [3.8, 4) is 0 Å². The van der Waals surface area contributed by atoms with E-state index in [1.54, 1.807) is 0 Å². The number of ether oxygens (including phenoxy) is 1. The molecule has 102 valence electrons. The van der Waals surface area contributed by atoms with Crippen LogP contribution in [0, 0.1) is 16.0 Å². The third kappa shape index (κ3) is 2.71. The van der Waals surface area contributed by atoms with Gasteiger partial charge >= 0.3 is 11.9 Å². The minimum Gasteiger partial charge on any atom is -0.481 e. The highest BCUT2D eigenvalue weighted by Crippen LogP contribution is 2.18. The van der Waals surface area contributed by atoms with Crippen LogP contribution in [0.2, 0.25) is 0 Å². The Morgan fingerprint density at radius 3 is 2.74 bits per heavy atom. The maximum absolute atomic E-state index is 11.7. The Kier molecular flexibility index (Phi) is 3.47. The molecule has 1 fully saturated rings. The van der Waals surface area contributed by atoms with Gasteiger partial charge in [0.2, 0.25) is 0 Å². The van der Waals surface area contributed by atoms with E-state index in [4.69, 9.17) is 14.3 Å². The highest BCUT2D eigenvalue weighted by Gasteiger charge is 2.35. The smallest absolute Gasteiger partial charge is 0.433 e. The monoisotopic (exact) mass is 270 g/mol. The highest BCUT2D eigenvalue weighted by molar-refractivity contribution is 5.92. The van der Waals surface area contributed by atoms with E-state index in [0.29, 0.717) is 0 Å². The number of aliphatic carboxylic acids is 1. The second-order valence-corrected chi connectivity index (χ2v) is 3.96. The average molecular weight is 270 g/mol. The summed E-state index contributed by atoms with van der Waals surface area (Å²) in [5.41, 5.74) is 0. The first-order valence-corrected chi connectivity index (χ1v) is 5.34. The van der Waals surface area contributed by atoms with Crippen LogP contribution in [0.1, 0.15) is 10.6 Å². The van der Waals surface area contributed by atoms with Crippen molar-refractivity contribution in [3.63, 3.8) is 0 Å². The zero-order valence-corrected chi connectivity index (χ0v) is 9.57. The molecule has 0 bridgehead atoms. The van der Waals surface area contributed by atoms with Gasteiger partial charge in [0.25, 0.3) is 5.91 Å². The molecule has 1 aromatic rings. The van der Waals surface area contributed by atoms with Gasteiger partial charge in [0, 0.05) is 0 Å². The lowest BCUT2D eigenvalue weighted by Gasteiger charge is -2.14. The van der Waals surface area contributed by atoms with Crippen LogP contribution in [0.15, 0.2) is 16.5 Å². The lowest BCUT2D eigenvalue weighted by atomic mass is 10.0. The lowest BCUT2D eigenvalue weighted by Crippen LogP contribution is -2.42. The van der Waals surface area contributed by atoms with Gasteiger partial charge in [-0.1, -0.05) is 0 Å². The zero-order chi connectivity index (χ0) is 14.0. The van der Waals surface area contributed by atoms with Crippen LogP contribution >= 0.6 is 0 Å². The van der Waals surface area contributed by atoms with Gasteiger partial charge in [0.05, 0.1) is 25.3 Å². The molecule has 1 aromatic heterocycles. The van der Waals surface area contributed by atoms with E-state index in [1.807, 2.05) is 0 Å². The first kappa shape index (κ1) is 13.0. The van der Waals surface area contributed by atoms with Crippen molar-refractivity contribution in [1.29, 1.82) is 0 Å². The van der Waals surface area contributed by atoms with Gasteiger partial charge in [0.1, 0.15) is 10.8 Å². The topological polar surface area (TPSA) is 132 Å². The van der Waals surface area contributed by atoms with Crippen LogP contribution in [0.3, 0.4) is 0 Å². The molecule has 0 spiro atoms. The summed E-state index contributed by atoms with van der Waals surface area (Å²) in [6.45, 7) is 0.0874. The number of carbonyl (C=O) groups is 2. The van der Waals surface area contributed by atoms with E-state index in [1.165, 1.54) is 0 Å². The molecule has 0 radical (unpaired) electrons. The molecular formula is C10H10N2O7. The molecule has 2 unspecified atom stereocenters. The van der Waals surface area contributed by atoms with Crippen LogP contribution in [0.25, 0.3) is 0 Å². The molecule has 1 saturated heterocycles. The molecule has 1 aliphatic rings. The number of hydrogen-bond donors (Lipinski definition) is 2. The summed E-state index contributed by atoms with van der Waals surface area (Å²) in [5.74, 6) is -3.43. The molecule has 1 aliphatic heterocycles. The fourth-order valence-corrected chi connectivity index (χ4v) is 1.73. The molecule has 2 rings (SSSR count). The van der Waals surface area contributed by atoms with Crippen molar-refractivity contribution in [2.75, 3.05) is 13.2 Å². The quantitative estimate of drug-likeness (QED) is 0.582. The van der Waals surface area contributed by atoms with E-state index >= 15 is 0 Å². The lowest BCUT2D eigenvalue weighted by molar-refractivity contribution is -0.402. The van der Waals surface area contributed by atoms with E-state index in [2.05, 4.69) is 5.32 Å². The van der Waals surface area contributed by atoms with E-state index in [-0.39, 0.29) is 19.0 Å². The van der Waals surface area contributed by atoms with Crippen LogP contribution in [0.4, 0.5) is 5.88 Å². The predicted molar refractivity (Wildman–Crippen MR) is 58.6 cm³/mol. The molecule has 19 heavy (non-hydrogen) atoms. The number of hydrogen-bond acceptors (Lipinski definition) is 6. The summed E-state index contributed by atoms with van der Waals surface area (Å²) in [6, 6.07) is 1.52. The average Bonchev–Trinajstić information content (AvgIpc) is 2.96. The second-order valence-electron chi connectivity index (χ2n) is 3.96. The summed E-state index contributed by atoms with van der Waals surface area (Å²) >= 11 is 0. The first-order chi connectivity index (χ1) is 8.99. The minimum absolute atomic E-state index is 0.0125. The maximum Gasteiger partial charge on any atom is 0.433 e. The summed E-state index contributed by atoms with van der Waals surface area (Å²) in [4.78, 5) is 32.2. The number of nitrogens with zero attached hydrogens (tertiary/aromatic N) is 1. The minimum atomic E-state index is -1.08. The number of amides is 1. The Bertz CT molecular complexity index is 524. The molecule has 9 heteroatoms. The predicted octanol–water partition coefficient (Wildman–Crippen LogP) is 0.0172. The largest absolute Gasteiger partial charge is 0.481 e. The molecule has 0 aliphatic carbocycles. The van der Waals surface area contributed by atoms with Crippen molar-refractivity contribution < 1.29 is 28.8 Å². The number of carboxylic acid groups (broad SMARTS) is 1. The van der Waals surface area contributed by atoms with Crippen molar-refractivity contribution in [2.45, 2.75) is 6.04 Å². The van der Waals surface area contributed by atoms with Crippen molar-refractivity contribution in [2.24, 2.45) is 5.92 Å². The molecule has 2 atom stereocenters. The maximum atomic E-state index is 11.7. The molecule has 9 nitrogen and oxygen atoms in total. The molecular weight excluding hydrogens is 260 g/mol. The van der Waals surface area contributed by atoms with Gasteiger partial charge in [-0.05, 0) is 6.07 Å². The van der Waals surface area contributed by atoms with Gasteiger partial charge in [-0.3, -0.25) is 19.7 Å². The number of furan rings is 1. The van der Waals surface area contributed by atoms with Gasteiger partial charge in [-0.15, -0.1) is 0 Å². The van der Waals surface area contributed by atoms with Crippen LogP contribution in [-0.2, 0) is 9.53 Å². The molecule has 2 N–H and O–H groups in total. The van der Waals surface area contributed by atoms with Crippen LogP contribution in [0.5, 0.6) is 0 Å². The fraction of sp³-hybridized carbons (Fsp3) is 0.400. The van der Waals surface area contributed by atoms with Crippen molar-refractivity contribution in [1.82, 2.24) is 5.32 Å². The van der Waals surface area contributed by atoms with Gasteiger partial charge in [0.15, 0.2) is 5.76 Å². The van der Waals surface area contributed by atoms with Gasteiger partial charge in [-0.25, -0.2) is 0 Å². The number of carboxylic acids is 1. The Hall–Kier alpha value is -2.42. The van der Waals surface area contributed by atoms with Crippen LogP contribution < -0.4 is 5.32 Å². The first-order valence-electron chi connectivity index (χ1n) is 5.34. The second kappa shape index (κ2) is 5.06. The summed E-state index contributed by atoms with van der Waals surface area (Å²) in [5, 5.41) is 21.7. The van der Waals surface area contributed by atoms with Gasteiger partial charge < -0.3 is 19.6 Å².